The molecular weight excluding hydrogens is 523 g/mol. The Morgan fingerprint density at radius 3 is 2.47 bits per heavy atom. The summed E-state index contributed by atoms with van der Waals surface area (Å²) in [5.41, 5.74) is 0.190. The monoisotopic (exact) mass is 551 g/mol. The fourth-order valence-electron chi connectivity index (χ4n) is 3.36. The zero-order chi connectivity index (χ0) is 27.8. The molecule has 0 aliphatic heterocycles. The van der Waals surface area contributed by atoms with Crippen molar-refractivity contribution in [1.82, 2.24) is 20.4 Å². The van der Waals surface area contributed by atoms with Gasteiger partial charge in [-0.25, -0.2) is 0 Å². The number of ketones is 1. The number of nitrogens with zero attached hydrogens (tertiary/aromatic N) is 4. The molecule has 0 unspecified atom stereocenters. The third-order valence-electron chi connectivity index (χ3n) is 5.23. The third-order valence-corrected chi connectivity index (χ3v) is 6.25. The number of rotatable bonds is 13. The van der Waals surface area contributed by atoms with Crippen molar-refractivity contribution in [2.75, 3.05) is 5.32 Å². The van der Waals surface area contributed by atoms with Crippen molar-refractivity contribution in [2.45, 2.75) is 70.8 Å². The Balaban J connectivity index is 1.39. The normalized spacial score (nSPS) is 11.8. The summed E-state index contributed by atoms with van der Waals surface area (Å²) < 4.78 is 41.0. The minimum absolute atomic E-state index is 0.123. The molecule has 0 fully saturated rings. The van der Waals surface area contributed by atoms with E-state index in [9.17, 15) is 27.9 Å². The summed E-state index contributed by atoms with van der Waals surface area (Å²) in [4.78, 5) is 24.4. The highest BCUT2D eigenvalue weighted by atomic mass is 32.1. The Morgan fingerprint density at radius 2 is 1.79 bits per heavy atom. The van der Waals surface area contributed by atoms with Crippen LogP contribution in [0.15, 0.2) is 36.4 Å². The van der Waals surface area contributed by atoms with Crippen molar-refractivity contribution < 1.29 is 32.6 Å². The first-order valence-electron chi connectivity index (χ1n) is 11.9. The van der Waals surface area contributed by atoms with Crippen LogP contribution >= 0.6 is 11.3 Å². The molecule has 0 aliphatic rings. The van der Waals surface area contributed by atoms with Gasteiger partial charge in [0.25, 0.3) is 0 Å². The fraction of sp³-hybridized carbons (Fsp3) is 0.440. The van der Waals surface area contributed by atoms with Gasteiger partial charge < -0.3 is 15.2 Å². The molecule has 2 N–H and O–H groups in total. The molecule has 2 heterocycles. The van der Waals surface area contributed by atoms with Crippen LogP contribution in [0.4, 0.5) is 19.0 Å². The smallest absolute Gasteiger partial charge is 0.406 e. The average Bonchev–Trinajstić information content (AvgIpc) is 3.29. The molecule has 3 rings (SSSR count). The number of hydrogen-bond acceptors (Lipinski definition) is 9. The number of alkyl halides is 3. The van der Waals surface area contributed by atoms with E-state index in [-0.39, 0.29) is 24.4 Å². The van der Waals surface area contributed by atoms with E-state index in [0.29, 0.717) is 29.8 Å². The zero-order valence-electron chi connectivity index (χ0n) is 20.9. The summed E-state index contributed by atoms with van der Waals surface area (Å²) in [7, 11) is 0. The maximum absolute atomic E-state index is 12.4. The number of anilines is 1. The van der Waals surface area contributed by atoms with E-state index in [1.807, 2.05) is 0 Å². The van der Waals surface area contributed by atoms with Gasteiger partial charge in [0.2, 0.25) is 5.91 Å². The number of halogens is 3. The van der Waals surface area contributed by atoms with Crippen molar-refractivity contribution in [3.8, 4) is 5.75 Å². The predicted octanol–water partition coefficient (Wildman–Crippen LogP) is 4.71. The fourth-order valence-corrected chi connectivity index (χ4v) is 4.21. The van der Waals surface area contributed by atoms with E-state index < -0.39 is 23.6 Å². The first-order chi connectivity index (χ1) is 17.9. The summed E-state index contributed by atoms with van der Waals surface area (Å²) >= 11 is 1.27. The van der Waals surface area contributed by atoms with Crippen molar-refractivity contribution in [2.24, 2.45) is 0 Å². The molecule has 3 aromatic rings. The van der Waals surface area contributed by atoms with Crippen LogP contribution in [0.1, 0.15) is 65.6 Å². The van der Waals surface area contributed by atoms with Crippen LogP contribution in [0.5, 0.6) is 5.75 Å². The van der Waals surface area contributed by atoms with Crippen molar-refractivity contribution >= 4 is 28.8 Å². The number of nitrogens with one attached hydrogen (secondary N) is 1. The first kappa shape index (κ1) is 29.1. The van der Waals surface area contributed by atoms with Crippen LogP contribution in [0.2, 0.25) is 0 Å². The van der Waals surface area contributed by atoms with Gasteiger partial charge in [-0.05, 0) is 69.4 Å². The van der Waals surface area contributed by atoms with E-state index >= 15 is 0 Å². The number of amides is 1. The molecule has 0 aliphatic carbocycles. The van der Waals surface area contributed by atoms with Gasteiger partial charge in [-0.15, -0.1) is 28.5 Å². The van der Waals surface area contributed by atoms with Crippen LogP contribution in [0, 0.1) is 0 Å². The standard InChI is InChI=1S/C25H28F3N5O4S/c1-24(2,36)13-12-19(34)23-33-32-22(38-23)9-4-3-7-17-10-11-20(31-30-17)29-21(35)15-16-6-5-8-18(14-16)37-25(26,27)28/h5-6,8,10-11,14,36H,3-4,7,9,12-13,15H2,1-2H3,(H,29,31,35). The highest BCUT2D eigenvalue weighted by Gasteiger charge is 2.31. The molecule has 0 atom stereocenters. The summed E-state index contributed by atoms with van der Waals surface area (Å²) in [6, 6.07) is 8.56. The van der Waals surface area contributed by atoms with Crippen LogP contribution in [0.25, 0.3) is 0 Å². The minimum Gasteiger partial charge on any atom is -0.406 e. The Hall–Kier alpha value is -3.45. The number of hydrogen-bond donors (Lipinski definition) is 2. The molecule has 1 aromatic carbocycles. The molecule has 0 saturated heterocycles. The second-order valence-corrected chi connectivity index (χ2v) is 10.3. The molecule has 2 aromatic heterocycles. The maximum Gasteiger partial charge on any atom is 0.573 e. The van der Waals surface area contributed by atoms with Gasteiger partial charge in [0.1, 0.15) is 10.8 Å². The SMILES string of the molecule is CC(C)(O)CCC(=O)c1nnc(CCCCc2ccc(NC(=O)Cc3cccc(OC(F)(F)F)c3)nn2)s1. The number of Topliss-reactive ketones (excluding diaryl/α,β-unsaturated/α-hetero) is 1. The Bertz CT molecular complexity index is 1230. The van der Waals surface area contributed by atoms with Crippen molar-refractivity contribution in [1.29, 1.82) is 0 Å². The van der Waals surface area contributed by atoms with Crippen LogP contribution in [-0.2, 0) is 24.1 Å². The second kappa shape index (κ2) is 12.9. The highest BCUT2D eigenvalue weighted by Crippen LogP contribution is 2.24. The molecule has 0 bridgehead atoms. The molecule has 38 heavy (non-hydrogen) atoms. The molecule has 204 valence electrons. The van der Waals surface area contributed by atoms with Gasteiger partial charge in [-0.1, -0.05) is 23.5 Å². The van der Waals surface area contributed by atoms with Gasteiger partial charge in [0, 0.05) is 12.8 Å². The lowest BCUT2D eigenvalue weighted by Crippen LogP contribution is -2.19. The summed E-state index contributed by atoms with van der Waals surface area (Å²) in [5.74, 6) is -0.736. The third kappa shape index (κ3) is 10.5. The Labute approximate surface area is 221 Å². The first-order valence-corrected chi connectivity index (χ1v) is 12.7. The zero-order valence-corrected chi connectivity index (χ0v) is 21.7. The molecule has 0 radical (unpaired) electrons. The molecular formula is C25H28F3N5O4S. The van der Waals surface area contributed by atoms with E-state index in [4.69, 9.17) is 0 Å². The van der Waals surface area contributed by atoms with Gasteiger partial charge in [0.05, 0.1) is 17.7 Å². The van der Waals surface area contributed by atoms with Crippen molar-refractivity contribution in [3.05, 3.63) is 57.7 Å². The number of benzene rings is 1. The number of ether oxygens (including phenoxy) is 1. The molecule has 0 saturated carbocycles. The van der Waals surface area contributed by atoms with Crippen LogP contribution < -0.4 is 10.1 Å². The summed E-state index contributed by atoms with van der Waals surface area (Å²) in [6.07, 6.45) is -1.44. The van der Waals surface area contributed by atoms with Gasteiger partial charge in [0.15, 0.2) is 16.6 Å². The number of unbranched alkanes of at least 4 members (excludes halogenated alkanes) is 1. The lowest BCUT2D eigenvalue weighted by molar-refractivity contribution is -0.274. The number of carbonyl (C=O) groups excluding carboxylic acids is 2. The van der Waals surface area contributed by atoms with Gasteiger partial charge in [-0.2, -0.15) is 5.10 Å². The van der Waals surface area contributed by atoms with E-state index in [0.717, 1.165) is 35.7 Å². The number of aliphatic hydroxyl groups is 1. The molecule has 1 amide bonds. The number of aryl methyl sites for hydroxylation is 2. The topological polar surface area (TPSA) is 127 Å². The van der Waals surface area contributed by atoms with Crippen LogP contribution in [0.3, 0.4) is 0 Å². The molecule has 13 heteroatoms. The minimum atomic E-state index is -4.81. The predicted molar refractivity (Wildman–Crippen MR) is 134 cm³/mol. The van der Waals surface area contributed by atoms with Gasteiger partial charge in [-0.3, -0.25) is 9.59 Å². The van der Waals surface area contributed by atoms with E-state index in [2.05, 4.69) is 30.4 Å². The second-order valence-electron chi connectivity index (χ2n) is 9.27. The summed E-state index contributed by atoms with van der Waals surface area (Å²) in [5, 5.41) is 29.6. The Morgan fingerprint density at radius 1 is 1.03 bits per heavy atom. The van der Waals surface area contributed by atoms with Crippen molar-refractivity contribution in [3.63, 3.8) is 0 Å². The van der Waals surface area contributed by atoms with E-state index in [1.165, 1.54) is 23.5 Å². The largest absolute Gasteiger partial charge is 0.573 e. The lowest BCUT2D eigenvalue weighted by Gasteiger charge is -2.15. The Kier molecular flexibility index (Phi) is 9.86. The maximum atomic E-state index is 12.4. The van der Waals surface area contributed by atoms with Crippen LogP contribution in [-0.4, -0.2) is 49.2 Å². The number of carbonyl (C=O) groups is 2. The lowest BCUT2D eigenvalue weighted by atomic mass is 10.0. The number of aromatic nitrogens is 4. The van der Waals surface area contributed by atoms with Gasteiger partial charge >= 0.3 is 6.36 Å². The molecule has 9 nitrogen and oxygen atoms in total. The van der Waals surface area contributed by atoms with E-state index in [1.54, 1.807) is 26.0 Å². The highest BCUT2D eigenvalue weighted by molar-refractivity contribution is 7.13. The molecule has 0 spiro atoms. The average molecular weight is 552 g/mol. The quantitative estimate of drug-likeness (QED) is 0.231. The summed E-state index contributed by atoms with van der Waals surface area (Å²) in [6.45, 7) is 3.31.